The molecule has 1 aromatic rings. The first-order chi connectivity index (χ1) is 6.38. The molecule has 0 aliphatic carbocycles. The van der Waals surface area contributed by atoms with Crippen LogP contribution in [0.5, 0.6) is 0 Å². The van der Waals surface area contributed by atoms with Gasteiger partial charge in [-0.05, 0) is 20.8 Å². The number of hydrogen-bond acceptors (Lipinski definition) is 4. The van der Waals surface area contributed by atoms with Gasteiger partial charge in [-0.2, -0.15) is 0 Å². The Labute approximate surface area is 88.6 Å². The number of rotatable bonds is 3. The van der Waals surface area contributed by atoms with Gasteiger partial charge in [0.2, 0.25) is 10.0 Å². The summed E-state index contributed by atoms with van der Waals surface area (Å²) in [6.07, 6.45) is 0. The molecule has 0 aliphatic heterocycles. The quantitative estimate of drug-likeness (QED) is 0.797. The molecule has 0 atom stereocenters. The van der Waals surface area contributed by atoms with E-state index in [4.69, 9.17) is 0 Å². The van der Waals surface area contributed by atoms with E-state index >= 15 is 0 Å². The molecule has 1 aromatic heterocycles. The average molecular weight is 234 g/mol. The van der Waals surface area contributed by atoms with Gasteiger partial charge in [-0.1, -0.05) is 0 Å². The van der Waals surface area contributed by atoms with E-state index in [2.05, 4.69) is 4.98 Å². The van der Waals surface area contributed by atoms with Gasteiger partial charge in [0, 0.05) is 11.9 Å². The highest BCUT2D eigenvalue weighted by Crippen LogP contribution is 2.25. The summed E-state index contributed by atoms with van der Waals surface area (Å²) >= 11 is 1.40. The molecule has 0 amide bonds. The minimum absolute atomic E-state index is 0.0984. The number of sulfonamides is 1. The average Bonchev–Trinajstić information content (AvgIpc) is 2.45. The number of nitrogens with zero attached hydrogens (tertiary/aromatic N) is 2. The predicted octanol–water partition coefficient (Wildman–Crippen LogP) is 1.55. The van der Waals surface area contributed by atoms with Crippen LogP contribution in [0.4, 0.5) is 5.13 Å². The Morgan fingerprint density at radius 2 is 2.00 bits per heavy atom. The van der Waals surface area contributed by atoms with Crippen LogP contribution in [-0.4, -0.2) is 26.2 Å². The van der Waals surface area contributed by atoms with Gasteiger partial charge in [-0.15, -0.1) is 11.3 Å². The lowest BCUT2D eigenvalue weighted by Crippen LogP contribution is -2.27. The maximum atomic E-state index is 11.5. The second kappa shape index (κ2) is 3.86. The largest absolute Gasteiger partial charge is 0.248 e. The highest BCUT2D eigenvalue weighted by atomic mass is 32.2. The molecule has 0 bridgehead atoms. The fourth-order valence-corrected chi connectivity index (χ4v) is 2.80. The fourth-order valence-electron chi connectivity index (χ4n) is 0.903. The lowest BCUT2D eigenvalue weighted by molar-refractivity contribution is 0.595. The van der Waals surface area contributed by atoms with E-state index in [1.807, 2.05) is 13.8 Å². The van der Waals surface area contributed by atoms with Crippen molar-refractivity contribution in [2.24, 2.45) is 0 Å². The zero-order valence-electron chi connectivity index (χ0n) is 8.73. The summed E-state index contributed by atoms with van der Waals surface area (Å²) in [6.45, 7) is 5.43. The van der Waals surface area contributed by atoms with Crippen molar-refractivity contribution in [3.8, 4) is 0 Å². The van der Waals surface area contributed by atoms with Crippen molar-refractivity contribution in [1.82, 2.24) is 4.98 Å². The Bertz CT molecular complexity index is 403. The van der Waals surface area contributed by atoms with Gasteiger partial charge in [0.1, 0.15) is 0 Å². The molecule has 0 aliphatic rings. The molecule has 1 rings (SSSR count). The van der Waals surface area contributed by atoms with E-state index in [1.165, 1.54) is 22.7 Å². The van der Waals surface area contributed by atoms with Crippen LogP contribution in [0.2, 0.25) is 0 Å². The first kappa shape index (κ1) is 11.5. The highest BCUT2D eigenvalue weighted by Gasteiger charge is 2.19. The number of aryl methyl sites for hydroxylation is 2. The number of thiazole rings is 1. The van der Waals surface area contributed by atoms with Gasteiger partial charge in [0.25, 0.3) is 0 Å². The third-order valence-electron chi connectivity index (χ3n) is 2.07. The highest BCUT2D eigenvalue weighted by molar-refractivity contribution is 7.92. The third kappa shape index (κ3) is 2.06. The molecule has 0 unspecified atom stereocenters. The van der Waals surface area contributed by atoms with E-state index in [0.29, 0.717) is 5.13 Å². The van der Waals surface area contributed by atoms with Gasteiger partial charge < -0.3 is 0 Å². The summed E-state index contributed by atoms with van der Waals surface area (Å²) < 4.78 is 24.3. The van der Waals surface area contributed by atoms with Gasteiger partial charge in [-0.25, -0.2) is 17.7 Å². The summed E-state index contributed by atoms with van der Waals surface area (Å²) in [5, 5.41) is 0.543. The lowest BCUT2D eigenvalue weighted by Gasteiger charge is -2.14. The molecular weight excluding hydrogens is 220 g/mol. The number of hydrogen-bond donors (Lipinski definition) is 0. The van der Waals surface area contributed by atoms with Crippen LogP contribution in [0.1, 0.15) is 17.5 Å². The first-order valence-electron chi connectivity index (χ1n) is 4.29. The molecule has 0 saturated heterocycles. The minimum Gasteiger partial charge on any atom is -0.248 e. The Kier molecular flexibility index (Phi) is 3.16. The molecule has 6 heteroatoms. The van der Waals surface area contributed by atoms with Crippen molar-refractivity contribution in [3.05, 3.63) is 10.6 Å². The number of aromatic nitrogens is 1. The Balaban J connectivity index is 3.07. The Morgan fingerprint density at radius 3 is 2.36 bits per heavy atom. The summed E-state index contributed by atoms with van der Waals surface area (Å²) in [4.78, 5) is 5.24. The number of anilines is 1. The van der Waals surface area contributed by atoms with Crippen LogP contribution in [0.3, 0.4) is 0 Å². The normalized spacial score (nSPS) is 11.7. The van der Waals surface area contributed by atoms with E-state index in [1.54, 1.807) is 6.92 Å². The molecular formula is C8H14N2O2S2. The van der Waals surface area contributed by atoms with Crippen molar-refractivity contribution in [2.75, 3.05) is 17.1 Å². The second-order valence-corrected chi connectivity index (χ2v) is 6.48. The molecule has 1 heterocycles. The molecule has 4 nitrogen and oxygen atoms in total. The first-order valence-corrected chi connectivity index (χ1v) is 6.71. The van der Waals surface area contributed by atoms with Gasteiger partial charge >= 0.3 is 0 Å². The summed E-state index contributed by atoms with van der Waals surface area (Å²) in [7, 11) is -1.64. The predicted molar refractivity (Wildman–Crippen MR) is 59.5 cm³/mol. The molecule has 0 spiro atoms. The zero-order valence-corrected chi connectivity index (χ0v) is 10.4. The van der Waals surface area contributed by atoms with E-state index < -0.39 is 10.0 Å². The van der Waals surface area contributed by atoms with Gasteiger partial charge in [0.15, 0.2) is 5.13 Å². The summed E-state index contributed by atoms with van der Waals surface area (Å²) in [6, 6.07) is 0. The van der Waals surface area contributed by atoms with E-state index in [0.717, 1.165) is 10.6 Å². The topological polar surface area (TPSA) is 50.3 Å². The maximum absolute atomic E-state index is 11.5. The van der Waals surface area contributed by atoms with Crippen molar-refractivity contribution in [2.45, 2.75) is 20.8 Å². The van der Waals surface area contributed by atoms with E-state index in [9.17, 15) is 8.42 Å². The SMILES string of the molecule is CCS(=O)(=O)N(C)c1nc(C)c(C)s1. The summed E-state index contributed by atoms with van der Waals surface area (Å²) in [5.41, 5.74) is 0.892. The van der Waals surface area contributed by atoms with Crippen LogP contribution < -0.4 is 4.31 Å². The molecule has 0 N–H and O–H groups in total. The van der Waals surface area contributed by atoms with Crippen molar-refractivity contribution in [3.63, 3.8) is 0 Å². The van der Waals surface area contributed by atoms with Crippen LogP contribution >= 0.6 is 11.3 Å². The Morgan fingerprint density at radius 1 is 1.43 bits per heavy atom. The fraction of sp³-hybridized carbons (Fsp3) is 0.625. The van der Waals surface area contributed by atoms with E-state index in [-0.39, 0.29) is 5.75 Å². The van der Waals surface area contributed by atoms with Crippen LogP contribution in [0.15, 0.2) is 0 Å². The Hall–Kier alpha value is -0.620. The lowest BCUT2D eigenvalue weighted by atomic mass is 10.4. The standard InChI is InChI=1S/C8H14N2O2S2/c1-5-14(11,12)10(4)8-9-6(2)7(3)13-8/h5H2,1-4H3. The third-order valence-corrected chi connectivity index (χ3v) is 5.07. The zero-order chi connectivity index (χ0) is 10.9. The van der Waals surface area contributed by atoms with Crippen LogP contribution in [0.25, 0.3) is 0 Å². The molecule has 0 radical (unpaired) electrons. The smallest absolute Gasteiger partial charge is 0.236 e. The molecule has 80 valence electrons. The minimum atomic E-state index is -3.17. The van der Waals surface area contributed by atoms with Crippen molar-refractivity contribution in [1.29, 1.82) is 0 Å². The summed E-state index contributed by atoms with van der Waals surface area (Å²) in [5.74, 6) is 0.0984. The molecule has 0 saturated carbocycles. The van der Waals surface area contributed by atoms with Crippen molar-refractivity contribution < 1.29 is 8.42 Å². The molecule has 0 aromatic carbocycles. The van der Waals surface area contributed by atoms with Gasteiger partial charge in [-0.3, -0.25) is 0 Å². The maximum Gasteiger partial charge on any atom is 0.236 e. The van der Waals surface area contributed by atoms with Crippen LogP contribution in [-0.2, 0) is 10.0 Å². The molecule has 14 heavy (non-hydrogen) atoms. The van der Waals surface area contributed by atoms with Gasteiger partial charge in [0.05, 0.1) is 11.4 Å². The second-order valence-electron chi connectivity index (χ2n) is 3.01. The van der Waals surface area contributed by atoms with Crippen molar-refractivity contribution >= 4 is 26.5 Å². The molecule has 0 fully saturated rings. The van der Waals surface area contributed by atoms with Crippen LogP contribution in [0, 0.1) is 13.8 Å². The monoisotopic (exact) mass is 234 g/mol.